The van der Waals surface area contributed by atoms with Gasteiger partial charge < -0.3 is 9.80 Å². The van der Waals surface area contributed by atoms with E-state index in [0.29, 0.717) is 0 Å². The van der Waals surface area contributed by atoms with Crippen LogP contribution in [0.5, 0.6) is 0 Å². The van der Waals surface area contributed by atoms with Gasteiger partial charge in [0.2, 0.25) is 0 Å². The number of hydrogen-bond donors (Lipinski definition) is 0. The summed E-state index contributed by atoms with van der Waals surface area (Å²) >= 11 is 0. The van der Waals surface area contributed by atoms with Gasteiger partial charge in [-0.1, -0.05) is 211 Å². The summed E-state index contributed by atoms with van der Waals surface area (Å²) in [6.07, 6.45) is 13.9. The third-order valence-electron chi connectivity index (χ3n) is 17.3. The van der Waals surface area contributed by atoms with E-state index in [1.54, 1.807) is 0 Å². The number of anilines is 6. The van der Waals surface area contributed by atoms with Gasteiger partial charge in [0.05, 0.1) is 11.4 Å². The first kappa shape index (κ1) is 51.0. The van der Waals surface area contributed by atoms with Gasteiger partial charge in [-0.2, -0.15) is 0 Å². The molecule has 0 fully saturated rings. The molecular weight excluding hydrogens is 965 g/mol. The molecule has 13 aromatic rings. The smallest absolute Gasteiger partial charge is 0.0540 e. The van der Waals surface area contributed by atoms with Crippen LogP contribution in [0.1, 0.15) is 101 Å². The van der Waals surface area contributed by atoms with Crippen LogP contribution in [0.25, 0.3) is 86.9 Å². The molecule has 0 saturated carbocycles. The van der Waals surface area contributed by atoms with E-state index < -0.39 is 0 Å². The van der Waals surface area contributed by atoms with Crippen molar-refractivity contribution < 1.29 is 0 Å². The van der Waals surface area contributed by atoms with Gasteiger partial charge in [0, 0.05) is 33.5 Å². The van der Waals surface area contributed by atoms with Gasteiger partial charge in [0.1, 0.15) is 0 Å². The van der Waals surface area contributed by atoms with Gasteiger partial charge in [-0.15, -0.1) is 0 Å². The van der Waals surface area contributed by atoms with Crippen molar-refractivity contribution in [2.75, 3.05) is 9.80 Å². The maximum Gasteiger partial charge on any atom is 0.0540 e. The van der Waals surface area contributed by atoms with Crippen LogP contribution < -0.4 is 9.80 Å². The van der Waals surface area contributed by atoms with Gasteiger partial charge in [-0.3, -0.25) is 0 Å². The predicted octanol–water partition coefficient (Wildman–Crippen LogP) is 23.1. The van der Waals surface area contributed by atoms with Crippen molar-refractivity contribution in [1.29, 1.82) is 0 Å². The summed E-state index contributed by atoms with van der Waals surface area (Å²) in [6, 6.07) is 84.0. The highest BCUT2D eigenvalue weighted by molar-refractivity contribution is 6.47. The fourth-order valence-electron chi connectivity index (χ4n) is 13.2. The molecule has 2 nitrogen and oxygen atoms in total. The third kappa shape index (κ3) is 9.09. The van der Waals surface area contributed by atoms with Crippen LogP contribution in [0.15, 0.2) is 218 Å². The number of aryl methyl sites for hydroxylation is 4. The van der Waals surface area contributed by atoms with E-state index in [2.05, 4.69) is 256 Å². The standard InChI is InChI=1S/C78H72N2/c1-5-9-21-53-33-41-59(42-34-53)79(60-43-35-54(36-44-60)22-10-6-2)69-51-49-67-73-63(69)29-19-31-65(73)75-71(57-25-15-13-16-26-57)78-68-50-52-70(64-30-20-32-66(74(64)68)76(78)72(77(67)75)58-27-17-14-18-28-58)80(61-45-37-55(38-46-61)23-11-7-3)62-47-39-56(40-48-62)24-12-8-4/h13-20,25-52H,5-12,21-24H2,1-4H3. The fourth-order valence-corrected chi connectivity index (χ4v) is 13.2. The molecule has 0 amide bonds. The second-order valence-electron chi connectivity index (χ2n) is 22.5. The SMILES string of the molecule is CCCCc1ccc(N(c2ccc(CCCC)cc2)c2ccc3c4c(-c5ccccc5)c5c6cccc7c(N(c8ccc(CCCC)cc8)c8ccc(CCCC)cc8)ccc(c5c(-c5ccccc5)c4c4cccc2c43)c76)cc1. The zero-order valence-corrected chi connectivity index (χ0v) is 47.2. The summed E-state index contributed by atoms with van der Waals surface area (Å²) in [4.78, 5) is 5.02. The number of rotatable bonds is 20. The van der Waals surface area contributed by atoms with Crippen molar-refractivity contribution in [3.63, 3.8) is 0 Å². The Labute approximate surface area is 473 Å². The van der Waals surface area contributed by atoms with E-state index >= 15 is 0 Å². The molecule has 0 unspecified atom stereocenters. The summed E-state index contributed by atoms with van der Waals surface area (Å²) in [5.41, 5.74) is 17.7. The van der Waals surface area contributed by atoms with Crippen molar-refractivity contribution in [2.45, 2.75) is 105 Å². The first-order valence-corrected chi connectivity index (χ1v) is 30.0. The normalized spacial score (nSPS) is 11.8. The number of nitrogens with zero attached hydrogens (tertiary/aromatic N) is 2. The Balaban J connectivity index is 1.10. The van der Waals surface area contributed by atoms with E-state index in [9.17, 15) is 0 Å². The van der Waals surface area contributed by atoms with Crippen LogP contribution in [0.3, 0.4) is 0 Å². The molecule has 0 N–H and O–H groups in total. The summed E-state index contributed by atoms with van der Waals surface area (Å²) in [6.45, 7) is 9.11. The molecule has 0 radical (unpaired) electrons. The maximum atomic E-state index is 2.51. The molecule has 0 aliphatic rings. The van der Waals surface area contributed by atoms with Crippen molar-refractivity contribution in [3.05, 3.63) is 241 Å². The van der Waals surface area contributed by atoms with Gasteiger partial charge in [0.15, 0.2) is 0 Å². The molecule has 80 heavy (non-hydrogen) atoms. The monoisotopic (exact) mass is 1040 g/mol. The van der Waals surface area contributed by atoms with Gasteiger partial charge >= 0.3 is 0 Å². The first-order valence-electron chi connectivity index (χ1n) is 30.0. The van der Waals surface area contributed by atoms with E-state index in [0.717, 1.165) is 25.7 Å². The molecular formula is C78H72N2. The molecule has 0 heterocycles. The molecule has 13 rings (SSSR count). The summed E-state index contributed by atoms with van der Waals surface area (Å²) in [5.74, 6) is 0. The average Bonchev–Trinajstić information content (AvgIpc) is 2.79. The van der Waals surface area contributed by atoms with Crippen molar-refractivity contribution in [1.82, 2.24) is 0 Å². The Morgan fingerprint density at radius 1 is 0.237 bits per heavy atom. The van der Waals surface area contributed by atoms with Crippen LogP contribution in [0.2, 0.25) is 0 Å². The molecule has 0 spiro atoms. The van der Waals surface area contributed by atoms with E-state index in [4.69, 9.17) is 0 Å². The second kappa shape index (κ2) is 22.4. The van der Waals surface area contributed by atoms with Crippen molar-refractivity contribution in [3.8, 4) is 22.3 Å². The summed E-state index contributed by atoms with van der Waals surface area (Å²) < 4.78 is 0. The molecule has 0 aromatic heterocycles. The molecule has 0 saturated heterocycles. The van der Waals surface area contributed by atoms with Crippen LogP contribution in [-0.4, -0.2) is 0 Å². The highest BCUT2D eigenvalue weighted by Gasteiger charge is 2.30. The fraction of sp³-hybridized carbons (Fsp3) is 0.205. The van der Waals surface area contributed by atoms with Crippen LogP contribution in [-0.2, 0) is 25.7 Å². The number of benzene rings is 11. The molecule has 0 bridgehead atoms. The Morgan fingerprint density at radius 3 is 0.800 bits per heavy atom. The highest BCUT2D eigenvalue weighted by atomic mass is 15.1. The Hall–Kier alpha value is -8.46. The Kier molecular flexibility index (Phi) is 14.3. The summed E-state index contributed by atoms with van der Waals surface area (Å²) in [5, 5.41) is 15.6. The minimum absolute atomic E-state index is 1.10. The Bertz CT molecular complexity index is 3800. The van der Waals surface area contributed by atoms with Crippen molar-refractivity contribution >= 4 is 98.8 Å². The zero-order valence-electron chi connectivity index (χ0n) is 47.2. The van der Waals surface area contributed by atoms with Gasteiger partial charge in [-0.25, -0.2) is 0 Å². The molecule has 13 aromatic carbocycles. The van der Waals surface area contributed by atoms with E-state index in [-0.39, 0.29) is 0 Å². The van der Waals surface area contributed by atoms with Gasteiger partial charge in [-0.05, 0) is 210 Å². The largest absolute Gasteiger partial charge is 0.310 e. The zero-order chi connectivity index (χ0) is 54.1. The highest BCUT2D eigenvalue weighted by Crippen LogP contribution is 2.57. The number of hydrogen-bond acceptors (Lipinski definition) is 2. The lowest BCUT2D eigenvalue weighted by Gasteiger charge is -2.27. The summed E-state index contributed by atoms with van der Waals surface area (Å²) in [7, 11) is 0. The molecule has 2 heteroatoms. The maximum absolute atomic E-state index is 2.51. The lowest BCUT2D eigenvalue weighted by Crippen LogP contribution is -2.10. The number of unbranched alkanes of at least 4 members (excludes halogenated alkanes) is 4. The lowest BCUT2D eigenvalue weighted by atomic mass is 9.87. The third-order valence-corrected chi connectivity index (χ3v) is 17.3. The first-order chi connectivity index (χ1) is 39.6. The van der Waals surface area contributed by atoms with E-state index in [1.807, 2.05) is 0 Å². The average molecular weight is 1040 g/mol. The van der Waals surface area contributed by atoms with Crippen LogP contribution in [0.4, 0.5) is 34.1 Å². The molecule has 0 aliphatic heterocycles. The van der Waals surface area contributed by atoms with Gasteiger partial charge in [0.25, 0.3) is 0 Å². The topological polar surface area (TPSA) is 6.48 Å². The second-order valence-corrected chi connectivity index (χ2v) is 22.5. The molecule has 0 aliphatic carbocycles. The molecule has 394 valence electrons. The van der Waals surface area contributed by atoms with E-state index in [1.165, 1.54) is 195 Å². The number of fused-ring (bicyclic) bond motifs is 6. The predicted molar refractivity (Wildman–Crippen MR) is 349 cm³/mol. The van der Waals surface area contributed by atoms with Crippen LogP contribution in [0, 0.1) is 0 Å². The molecule has 0 atom stereocenters. The van der Waals surface area contributed by atoms with Crippen molar-refractivity contribution in [2.24, 2.45) is 0 Å². The van der Waals surface area contributed by atoms with Crippen LogP contribution >= 0.6 is 0 Å². The minimum atomic E-state index is 1.10. The Morgan fingerprint density at radius 2 is 0.512 bits per heavy atom. The minimum Gasteiger partial charge on any atom is -0.310 e. The quantitative estimate of drug-likeness (QED) is 0.0751. The lowest BCUT2D eigenvalue weighted by molar-refractivity contribution is 0.795.